The van der Waals surface area contributed by atoms with Crippen molar-refractivity contribution < 1.29 is 4.74 Å². The van der Waals surface area contributed by atoms with Gasteiger partial charge in [-0.05, 0) is 42.5 Å². The van der Waals surface area contributed by atoms with Crippen molar-refractivity contribution in [2.75, 3.05) is 5.94 Å². The van der Waals surface area contributed by atoms with Gasteiger partial charge in [-0.1, -0.05) is 23.4 Å². The predicted molar refractivity (Wildman–Crippen MR) is 87.1 cm³/mol. The maximum Gasteiger partial charge on any atom is 0.195 e. The van der Waals surface area contributed by atoms with E-state index in [4.69, 9.17) is 21.6 Å². The number of thiazole rings is 1. The third kappa shape index (κ3) is 3.48. The molecule has 6 heteroatoms. The molecule has 0 aliphatic carbocycles. The van der Waals surface area contributed by atoms with Gasteiger partial charge in [0.2, 0.25) is 0 Å². The summed E-state index contributed by atoms with van der Waals surface area (Å²) in [5.74, 6) is 1.29. The van der Waals surface area contributed by atoms with Gasteiger partial charge in [-0.3, -0.25) is 0 Å². The lowest BCUT2D eigenvalue weighted by Crippen LogP contribution is -1.92. The first-order chi connectivity index (χ1) is 10.2. The molecule has 0 spiro atoms. The summed E-state index contributed by atoms with van der Waals surface area (Å²) in [6, 6.07) is 15.3. The van der Waals surface area contributed by atoms with Crippen LogP contribution in [-0.2, 0) is 0 Å². The molecular formula is C15H9ClN2OS2. The number of hydrogen-bond donors (Lipinski definition) is 0. The third-order valence-corrected chi connectivity index (χ3v) is 4.74. The van der Waals surface area contributed by atoms with E-state index in [1.807, 2.05) is 42.5 Å². The predicted octanol–water partition coefficient (Wildman–Crippen LogP) is 4.95. The van der Waals surface area contributed by atoms with Crippen LogP contribution in [0.2, 0.25) is 5.02 Å². The highest BCUT2D eigenvalue weighted by molar-refractivity contribution is 7.99. The van der Waals surface area contributed by atoms with Crippen LogP contribution in [0.5, 0.6) is 5.75 Å². The Morgan fingerprint density at radius 1 is 1.24 bits per heavy atom. The Bertz CT molecular complexity index is 809. The zero-order valence-electron chi connectivity index (χ0n) is 10.7. The van der Waals surface area contributed by atoms with Gasteiger partial charge in [-0.2, -0.15) is 5.26 Å². The minimum Gasteiger partial charge on any atom is -0.483 e. The largest absolute Gasteiger partial charge is 0.483 e. The summed E-state index contributed by atoms with van der Waals surface area (Å²) in [6.45, 7) is 0. The second-order valence-electron chi connectivity index (χ2n) is 4.12. The molecule has 0 amide bonds. The first-order valence-corrected chi connectivity index (χ1v) is 8.24. The highest BCUT2D eigenvalue weighted by atomic mass is 35.5. The van der Waals surface area contributed by atoms with Crippen molar-refractivity contribution in [1.82, 2.24) is 4.98 Å². The number of benzene rings is 2. The van der Waals surface area contributed by atoms with Gasteiger partial charge in [-0.25, -0.2) is 4.98 Å². The van der Waals surface area contributed by atoms with Crippen molar-refractivity contribution in [2.45, 2.75) is 4.90 Å². The minimum absolute atomic E-state index is 0.470. The standard InChI is InChI=1S/C15H9ClN2OS2/c16-10-1-4-12(5-2-10)20-9-19-11-3-6-13-14(7-11)21-15(8-17)18-13/h1-7H,9H2. The van der Waals surface area contributed by atoms with Crippen LogP contribution in [-0.4, -0.2) is 10.9 Å². The second-order valence-corrected chi connectivity index (χ2v) is 6.58. The molecule has 0 fully saturated rings. The van der Waals surface area contributed by atoms with Gasteiger partial charge in [0.1, 0.15) is 17.8 Å². The topological polar surface area (TPSA) is 45.9 Å². The quantitative estimate of drug-likeness (QED) is 0.501. The van der Waals surface area contributed by atoms with E-state index in [9.17, 15) is 0 Å². The van der Waals surface area contributed by atoms with Crippen molar-refractivity contribution in [3.8, 4) is 11.8 Å². The van der Waals surface area contributed by atoms with Gasteiger partial charge in [0.15, 0.2) is 5.01 Å². The molecule has 1 heterocycles. The van der Waals surface area contributed by atoms with E-state index in [-0.39, 0.29) is 0 Å². The molecule has 104 valence electrons. The van der Waals surface area contributed by atoms with Crippen molar-refractivity contribution in [3.05, 3.63) is 52.5 Å². The van der Waals surface area contributed by atoms with E-state index < -0.39 is 0 Å². The summed E-state index contributed by atoms with van der Waals surface area (Å²) in [4.78, 5) is 5.29. The summed E-state index contributed by atoms with van der Waals surface area (Å²) in [6.07, 6.45) is 0. The summed E-state index contributed by atoms with van der Waals surface area (Å²) < 4.78 is 6.68. The fourth-order valence-electron chi connectivity index (χ4n) is 1.74. The van der Waals surface area contributed by atoms with Crippen molar-refractivity contribution in [3.63, 3.8) is 0 Å². The van der Waals surface area contributed by atoms with E-state index in [1.165, 1.54) is 11.3 Å². The van der Waals surface area contributed by atoms with Gasteiger partial charge in [0.25, 0.3) is 0 Å². The lowest BCUT2D eigenvalue weighted by Gasteiger charge is -2.05. The molecule has 0 atom stereocenters. The maximum atomic E-state index is 8.85. The van der Waals surface area contributed by atoms with Crippen LogP contribution in [0.1, 0.15) is 5.01 Å². The highest BCUT2D eigenvalue weighted by Gasteiger charge is 2.04. The number of nitrogens with zero attached hydrogens (tertiary/aromatic N) is 2. The van der Waals surface area contributed by atoms with Gasteiger partial charge in [0, 0.05) is 9.92 Å². The first kappa shape index (κ1) is 14.2. The molecule has 0 radical (unpaired) electrons. The molecule has 0 saturated carbocycles. The molecule has 0 aliphatic rings. The van der Waals surface area contributed by atoms with E-state index in [2.05, 4.69) is 11.1 Å². The molecule has 0 saturated heterocycles. The number of nitriles is 1. The van der Waals surface area contributed by atoms with Gasteiger partial charge in [0.05, 0.1) is 10.2 Å². The number of rotatable bonds is 4. The van der Waals surface area contributed by atoms with E-state index in [1.54, 1.807) is 11.8 Å². The smallest absolute Gasteiger partial charge is 0.195 e. The molecule has 0 N–H and O–H groups in total. The van der Waals surface area contributed by atoms with E-state index in [0.717, 1.165) is 25.9 Å². The van der Waals surface area contributed by atoms with E-state index >= 15 is 0 Å². The number of halogens is 1. The summed E-state index contributed by atoms with van der Waals surface area (Å²) in [5.41, 5.74) is 0.828. The normalized spacial score (nSPS) is 10.5. The number of fused-ring (bicyclic) bond motifs is 1. The lowest BCUT2D eigenvalue weighted by atomic mass is 10.3. The monoisotopic (exact) mass is 332 g/mol. The average molecular weight is 333 g/mol. The molecule has 1 aromatic heterocycles. The SMILES string of the molecule is N#Cc1nc2ccc(OCSc3ccc(Cl)cc3)cc2s1. The van der Waals surface area contributed by atoms with Gasteiger partial charge >= 0.3 is 0 Å². The molecule has 3 aromatic rings. The second kappa shape index (κ2) is 6.35. The molecule has 2 aromatic carbocycles. The van der Waals surface area contributed by atoms with Crippen LogP contribution in [0.15, 0.2) is 47.4 Å². The Morgan fingerprint density at radius 3 is 2.81 bits per heavy atom. The molecular weight excluding hydrogens is 324 g/mol. The minimum atomic E-state index is 0.470. The Morgan fingerprint density at radius 2 is 2.05 bits per heavy atom. The van der Waals surface area contributed by atoms with Crippen LogP contribution in [0.25, 0.3) is 10.2 Å². The summed E-state index contributed by atoms with van der Waals surface area (Å²) in [5, 5.41) is 10.0. The Hall–Kier alpha value is -1.74. The Kier molecular flexibility index (Phi) is 4.30. The Labute approximate surface area is 135 Å². The zero-order valence-corrected chi connectivity index (χ0v) is 13.1. The fraction of sp³-hybridized carbons (Fsp3) is 0.0667. The van der Waals surface area contributed by atoms with E-state index in [0.29, 0.717) is 10.9 Å². The molecule has 0 aliphatic heterocycles. The third-order valence-electron chi connectivity index (χ3n) is 2.72. The zero-order chi connectivity index (χ0) is 14.7. The molecule has 0 unspecified atom stereocenters. The van der Waals surface area contributed by atoms with Gasteiger partial charge < -0.3 is 4.74 Å². The van der Waals surface area contributed by atoms with Crippen molar-refractivity contribution in [1.29, 1.82) is 5.26 Å². The van der Waals surface area contributed by atoms with Crippen LogP contribution in [0.4, 0.5) is 0 Å². The number of thioether (sulfide) groups is 1. The summed E-state index contributed by atoms with van der Waals surface area (Å²) in [7, 11) is 0. The first-order valence-electron chi connectivity index (χ1n) is 6.06. The average Bonchev–Trinajstić information content (AvgIpc) is 2.91. The van der Waals surface area contributed by atoms with Crippen LogP contribution >= 0.6 is 34.7 Å². The van der Waals surface area contributed by atoms with Crippen LogP contribution in [0.3, 0.4) is 0 Å². The van der Waals surface area contributed by atoms with Crippen molar-refractivity contribution in [2.24, 2.45) is 0 Å². The number of aromatic nitrogens is 1. The number of ether oxygens (including phenoxy) is 1. The fourth-order valence-corrected chi connectivity index (χ4v) is 3.32. The molecule has 3 rings (SSSR count). The summed E-state index contributed by atoms with van der Waals surface area (Å²) >= 11 is 8.81. The van der Waals surface area contributed by atoms with Crippen LogP contribution in [0, 0.1) is 11.3 Å². The van der Waals surface area contributed by atoms with Gasteiger partial charge in [-0.15, -0.1) is 11.3 Å². The highest BCUT2D eigenvalue weighted by Crippen LogP contribution is 2.27. The lowest BCUT2D eigenvalue weighted by molar-refractivity contribution is 0.393. The number of hydrogen-bond acceptors (Lipinski definition) is 5. The molecule has 3 nitrogen and oxygen atoms in total. The van der Waals surface area contributed by atoms with Crippen molar-refractivity contribution >= 4 is 44.9 Å². The maximum absolute atomic E-state index is 8.85. The molecule has 0 bridgehead atoms. The molecule has 21 heavy (non-hydrogen) atoms. The van der Waals surface area contributed by atoms with Crippen LogP contribution < -0.4 is 4.74 Å². The Balaban J connectivity index is 1.65.